The lowest BCUT2D eigenvalue weighted by atomic mass is 10.2. The Kier molecular flexibility index (Phi) is 6.67. The fourth-order valence-corrected chi connectivity index (χ4v) is 2.22. The minimum absolute atomic E-state index is 0.239. The van der Waals surface area contributed by atoms with Gasteiger partial charge in [0, 0.05) is 11.4 Å². The maximum Gasteiger partial charge on any atom is 0.338 e. The van der Waals surface area contributed by atoms with Crippen LogP contribution in [0.3, 0.4) is 0 Å². The normalized spacial score (nSPS) is 11.0. The van der Waals surface area contributed by atoms with Crippen molar-refractivity contribution >= 4 is 29.2 Å². The van der Waals surface area contributed by atoms with Crippen LogP contribution < -0.4 is 10.6 Å². The molecule has 0 fully saturated rings. The molecule has 0 heterocycles. The molecule has 0 saturated heterocycles. The highest BCUT2D eigenvalue weighted by Crippen LogP contribution is 2.13. The van der Waals surface area contributed by atoms with E-state index >= 15 is 0 Å². The molecule has 2 amide bonds. The van der Waals surface area contributed by atoms with Gasteiger partial charge in [-0.3, -0.25) is 9.59 Å². The summed E-state index contributed by atoms with van der Waals surface area (Å²) in [6.45, 7) is 3.39. The van der Waals surface area contributed by atoms with Crippen LogP contribution in [0.2, 0.25) is 0 Å². The van der Waals surface area contributed by atoms with E-state index in [0.29, 0.717) is 11.4 Å². The van der Waals surface area contributed by atoms with Gasteiger partial charge in [-0.2, -0.15) is 5.26 Å². The molecule has 0 aliphatic rings. The number of nitriles is 1. The molecule has 7 nitrogen and oxygen atoms in total. The van der Waals surface area contributed by atoms with E-state index < -0.39 is 23.9 Å². The summed E-state index contributed by atoms with van der Waals surface area (Å²) in [7, 11) is 0. The fraction of sp³-hybridized carbons (Fsp3) is 0.200. The van der Waals surface area contributed by atoms with Crippen molar-refractivity contribution in [1.82, 2.24) is 0 Å². The number of nitrogens with one attached hydrogen (secondary N) is 2. The molecule has 0 aliphatic heterocycles. The van der Waals surface area contributed by atoms with E-state index in [1.807, 2.05) is 25.1 Å². The number of carbonyl (C=O) groups is 3. The summed E-state index contributed by atoms with van der Waals surface area (Å²) < 4.78 is 5.18. The third kappa shape index (κ3) is 5.97. The minimum atomic E-state index is -0.979. The third-order valence-electron chi connectivity index (χ3n) is 3.58. The zero-order valence-electron chi connectivity index (χ0n) is 15.0. The number of carbonyl (C=O) groups excluding carboxylic acids is 3. The highest BCUT2D eigenvalue weighted by molar-refractivity contribution is 5.98. The topological polar surface area (TPSA) is 108 Å². The van der Waals surface area contributed by atoms with Crippen LogP contribution in [0.1, 0.15) is 29.3 Å². The second-order valence-corrected chi connectivity index (χ2v) is 5.87. The van der Waals surface area contributed by atoms with E-state index in [9.17, 15) is 14.4 Å². The number of benzene rings is 2. The first-order valence-electron chi connectivity index (χ1n) is 8.24. The molecule has 27 heavy (non-hydrogen) atoms. The molecule has 2 N–H and O–H groups in total. The summed E-state index contributed by atoms with van der Waals surface area (Å²) in [5, 5.41) is 13.7. The highest BCUT2D eigenvalue weighted by atomic mass is 16.5. The van der Waals surface area contributed by atoms with Gasteiger partial charge in [0.1, 0.15) is 6.42 Å². The fourth-order valence-electron chi connectivity index (χ4n) is 2.22. The molecule has 0 unspecified atom stereocenters. The van der Waals surface area contributed by atoms with Gasteiger partial charge in [-0.1, -0.05) is 12.1 Å². The van der Waals surface area contributed by atoms with E-state index in [1.165, 1.54) is 31.2 Å². The molecule has 1 atom stereocenters. The largest absolute Gasteiger partial charge is 0.449 e. The van der Waals surface area contributed by atoms with Crippen LogP contribution in [-0.4, -0.2) is 23.9 Å². The summed E-state index contributed by atoms with van der Waals surface area (Å²) in [5.41, 5.74) is 2.32. The SMILES string of the molecule is Cc1cccc(NC(=O)[C@H](C)OC(=O)c2ccc(NC(=O)CC#N)cc2)c1. The quantitative estimate of drug-likeness (QED) is 0.765. The molecule has 0 aliphatic carbocycles. The molecular weight excluding hydrogens is 346 g/mol. The van der Waals surface area contributed by atoms with Crippen LogP contribution in [-0.2, 0) is 14.3 Å². The first-order valence-corrected chi connectivity index (χ1v) is 8.24. The molecule has 0 bridgehead atoms. The lowest BCUT2D eigenvalue weighted by Gasteiger charge is -2.14. The predicted molar refractivity (Wildman–Crippen MR) is 100.0 cm³/mol. The summed E-state index contributed by atoms with van der Waals surface area (Å²) in [6.07, 6.45) is -1.23. The monoisotopic (exact) mass is 365 g/mol. The molecule has 7 heteroatoms. The summed E-state index contributed by atoms with van der Waals surface area (Å²) in [6, 6.07) is 15.0. The molecule has 2 aromatic carbocycles. The average molecular weight is 365 g/mol. The number of amides is 2. The van der Waals surface area contributed by atoms with Crippen molar-refractivity contribution < 1.29 is 19.1 Å². The van der Waals surface area contributed by atoms with Crippen LogP contribution in [0.25, 0.3) is 0 Å². The Balaban J connectivity index is 1.92. The Hall–Kier alpha value is -3.66. The van der Waals surface area contributed by atoms with Crippen molar-refractivity contribution in [2.24, 2.45) is 0 Å². The van der Waals surface area contributed by atoms with E-state index in [4.69, 9.17) is 10.00 Å². The van der Waals surface area contributed by atoms with Crippen LogP contribution in [0, 0.1) is 18.3 Å². The second-order valence-electron chi connectivity index (χ2n) is 5.87. The van der Waals surface area contributed by atoms with Gasteiger partial charge in [0.25, 0.3) is 5.91 Å². The van der Waals surface area contributed by atoms with Gasteiger partial charge in [0.15, 0.2) is 6.10 Å². The van der Waals surface area contributed by atoms with Gasteiger partial charge >= 0.3 is 5.97 Å². The zero-order valence-corrected chi connectivity index (χ0v) is 15.0. The second kappa shape index (κ2) is 9.15. The Morgan fingerprint density at radius 2 is 1.78 bits per heavy atom. The van der Waals surface area contributed by atoms with Crippen LogP contribution in [0.5, 0.6) is 0 Å². The Morgan fingerprint density at radius 3 is 2.41 bits per heavy atom. The molecule has 0 saturated carbocycles. The van der Waals surface area contributed by atoms with E-state index in [-0.39, 0.29) is 12.0 Å². The molecule has 138 valence electrons. The zero-order chi connectivity index (χ0) is 19.8. The number of aryl methyl sites for hydroxylation is 1. The van der Waals surface area contributed by atoms with Crippen LogP contribution >= 0.6 is 0 Å². The average Bonchev–Trinajstić information content (AvgIpc) is 2.62. The maximum absolute atomic E-state index is 12.2. The number of nitrogens with zero attached hydrogens (tertiary/aromatic N) is 1. The molecule has 0 radical (unpaired) electrons. The van der Waals surface area contributed by atoms with Crippen molar-refractivity contribution in [3.63, 3.8) is 0 Å². The van der Waals surface area contributed by atoms with Gasteiger partial charge < -0.3 is 15.4 Å². The first-order chi connectivity index (χ1) is 12.9. The maximum atomic E-state index is 12.2. The number of hydrogen-bond acceptors (Lipinski definition) is 5. The molecule has 2 rings (SSSR count). The van der Waals surface area contributed by atoms with Gasteiger partial charge in [-0.25, -0.2) is 4.79 Å². The third-order valence-corrected chi connectivity index (χ3v) is 3.58. The highest BCUT2D eigenvalue weighted by Gasteiger charge is 2.19. The predicted octanol–water partition coefficient (Wildman–Crippen LogP) is 3.03. The number of hydrogen-bond donors (Lipinski definition) is 2. The summed E-state index contributed by atoms with van der Waals surface area (Å²) >= 11 is 0. The molecular formula is C20H19N3O4. The number of rotatable bonds is 6. The van der Waals surface area contributed by atoms with E-state index in [2.05, 4.69) is 10.6 Å². The smallest absolute Gasteiger partial charge is 0.338 e. The van der Waals surface area contributed by atoms with Crippen molar-refractivity contribution in [3.8, 4) is 6.07 Å². The van der Waals surface area contributed by atoms with Crippen molar-refractivity contribution in [1.29, 1.82) is 5.26 Å². The molecule has 0 aromatic heterocycles. The van der Waals surface area contributed by atoms with Crippen molar-refractivity contribution in [3.05, 3.63) is 59.7 Å². The van der Waals surface area contributed by atoms with Gasteiger partial charge in [-0.05, 0) is 55.8 Å². The Labute approximate surface area is 156 Å². The standard InChI is InChI=1S/C20H19N3O4/c1-13-4-3-5-17(12-13)23-19(25)14(2)27-20(26)15-6-8-16(9-7-15)22-18(24)10-11-21/h3-9,12,14H,10H2,1-2H3,(H,22,24)(H,23,25)/t14-/m0/s1. The Morgan fingerprint density at radius 1 is 1.07 bits per heavy atom. The van der Waals surface area contributed by atoms with Gasteiger partial charge in [-0.15, -0.1) is 0 Å². The summed E-state index contributed by atoms with van der Waals surface area (Å²) in [5.74, 6) is -1.53. The van der Waals surface area contributed by atoms with Gasteiger partial charge in [0.05, 0.1) is 11.6 Å². The first kappa shape index (κ1) is 19.7. The Bertz CT molecular complexity index is 885. The van der Waals surface area contributed by atoms with Crippen molar-refractivity contribution in [2.45, 2.75) is 26.4 Å². The van der Waals surface area contributed by atoms with Gasteiger partial charge in [0.2, 0.25) is 5.91 Å². The van der Waals surface area contributed by atoms with Crippen molar-refractivity contribution in [2.75, 3.05) is 10.6 Å². The lowest BCUT2D eigenvalue weighted by Crippen LogP contribution is -2.30. The minimum Gasteiger partial charge on any atom is -0.449 e. The summed E-state index contributed by atoms with van der Waals surface area (Å²) in [4.78, 5) is 35.7. The number of ether oxygens (including phenoxy) is 1. The number of anilines is 2. The number of esters is 1. The van der Waals surface area contributed by atoms with E-state index in [0.717, 1.165) is 5.56 Å². The van der Waals surface area contributed by atoms with E-state index in [1.54, 1.807) is 12.1 Å². The molecule has 2 aromatic rings. The lowest BCUT2D eigenvalue weighted by molar-refractivity contribution is -0.123. The molecule has 0 spiro atoms. The van der Waals surface area contributed by atoms with Crippen LogP contribution in [0.15, 0.2) is 48.5 Å². The van der Waals surface area contributed by atoms with Crippen LogP contribution in [0.4, 0.5) is 11.4 Å².